The third kappa shape index (κ3) is 5.16. The van der Waals surface area contributed by atoms with Crippen molar-refractivity contribution in [3.63, 3.8) is 0 Å². The second-order valence-electron chi connectivity index (χ2n) is 9.17. The van der Waals surface area contributed by atoms with Crippen molar-refractivity contribution in [1.29, 1.82) is 0 Å². The van der Waals surface area contributed by atoms with Crippen LogP contribution in [0.5, 0.6) is 0 Å². The number of rotatable bonds is 5. The molecule has 36 heavy (non-hydrogen) atoms. The monoisotopic (exact) mass is 488 g/mol. The first-order chi connectivity index (χ1) is 17.5. The summed E-state index contributed by atoms with van der Waals surface area (Å²) in [5.74, 6) is -1.18. The van der Waals surface area contributed by atoms with E-state index in [9.17, 15) is 14.0 Å². The largest absolute Gasteiger partial charge is 0.381 e. The molecule has 2 aromatic carbocycles. The van der Waals surface area contributed by atoms with E-state index in [1.165, 1.54) is 17.0 Å². The molecule has 186 valence electrons. The zero-order chi connectivity index (χ0) is 25.1. The van der Waals surface area contributed by atoms with Gasteiger partial charge in [-0.3, -0.25) is 14.6 Å². The third-order valence-electron chi connectivity index (χ3n) is 6.64. The number of nitrogens with zero attached hydrogens (tertiary/aromatic N) is 4. The van der Waals surface area contributed by atoms with Crippen LogP contribution in [0.25, 0.3) is 0 Å². The van der Waals surface area contributed by atoms with Gasteiger partial charge in [0, 0.05) is 44.6 Å². The quantitative estimate of drug-likeness (QED) is 0.575. The highest BCUT2D eigenvalue weighted by Gasteiger charge is 2.32. The molecule has 3 heterocycles. The summed E-state index contributed by atoms with van der Waals surface area (Å²) >= 11 is 0. The lowest BCUT2D eigenvalue weighted by Crippen LogP contribution is -2.50. The Hall–Kier alpha value is -3.98. The lowest BCUT2D eigenvalue weighted by atomic mass is 10.1. The molecule has 3 aromatic rings. The van der Waals surface area contributed by atoms with Gasteiger partial charge in [-0.1, -0.05) is 30.3 Å². The van der Waals surface area contributed by atoms with E-state index >= 15 is 0 Å². The second-order valence-corrected chi connectivity index (χ2v) is 9.17. The van der Waals surface area contributed by atoms with Crippen LogP contribution in [0.4, 0.5) is 21.5 Å². The van der Waals surface area contributed by atoms with Gasteiger partial charge in [-0.05, 0) is 42.9 Å². The number of piperazine rings is 1. The van der Waals surface area contributed by atoms with E-state index in [-0.39, 0.29) is 24.7 Å². The van der Waals surface area contributed by atoms with Crippen LogP contribution in [0.15, 0.2) is 66.9 Å². The molecular weight excluding hydrogens is 459 g/mol. The van der Waals surface area contributed by atoms with Gasteiger partial charge in [-0.2, -0.15) is 0 Å². The fourth-order valence-electron chi connectivity index (χ4n) is 4.56. The zero-order valence-corrected chi connectivity index (χ0v) is 20.2. The summed E-state index contributed by atoms with van der Waals surface area (Å²) in [4.78, 5) is 37.1. The summed E-state index contributed by atoms with van der Waals surface area (Å²) in [6.07, 6.45) is 1.62. The van der Waals surface area contributed by atoms with Crippen molar-refractivity contribution < 1.29 is 14.0 Å². The van der Waals surface area contributed by atoms with E-state index in [4.69, 9.17) is 0 Å². The van der Waals surface area contributed by atoms with Gasteiger partial charge in [0.1, 0.15) is 17.6 Å². The number of carbonyl (C=O) groups excluding carboxylic acids is 2. The lowest BCUT2D eigenvalue weighted by molar-refractivity contribution is -0.120. The number of likely N-dealkylation sites (N-methyl/N-ethyl adjacent to an activating group) is 1. The average Bonchev–Trinajstić information content (AvgIpc) is 3.02. The Kier molecular flexibility index (Phi) is 6.81. The van der Waals surface area contributed by atoms with Crippen molar-refractivity contribution in [3.8, 4) is 0 Å². The zero-order valence-electron chi connectivity index (χ0n) is 20.2. The molecule has 0 saturated carbocycles. The van der Waals surface area contributed by atoms with E-state index < -0.39 is 17.8 Å². The van der Waals surface area contributed by atoms with Gasteiger partial charge in [0.05, 0.1) is 17.9 Å². The minimum Gasteiger partial charge on any atom is -0.381 e. The smallest absolute Gasteiger partial charge is 0.270 e. The molecule has 2 aliphatic rings. The van der Waals surface area contributed by atoms with Crippen LogP contribution >= 0.6 is 0 Å². The predicted octanol–water partition coefficient (Wildman–Crippen LogP) is 2.73. The summed E-state index contributed by atoms with van der Waals surface area (Å²) in [5.41, 5.74) is 3.15. The van der Waals surface area contributed by atoms with Crippen LogP contribution in [0.1, 0.15) is 16.1 Å². The summed E-state index contributed by atoms with van der Waals surface area (Å²) in [6.45, 7) is 4.06. The van der Waals surface area contributed by atoms with E-state index in [2.05, 4.69) is 32.5 Å². The van der Waals surface area contributed by atoms with Crippen molar-refractivity contribution >= 4 is 28.9 Å². The van der Waals surface area contributed by atoms with Crippen LogP contribution in [0.2, 0.25) is 0 Å². The highest BCUT2D eigenvalue weighted by Crippen LogP contribution is 2.31. The average molecular weight is 489 g/mol. The number of nitrogens with one attached hydrogen (secondary N) is 2. The highest BCUT2D eigenvalue weighted by molar-refractivity contribution is 6.04. The standard InChI is InChI=1S/C27H29FN6O2/c1-32-11-13-33(14-12-32)21-9-10-29-23(16-21)26(35)31-24-17-30-22-8-7-20(28)15-25(22)34(27(24)36)18-19-5-3-2-4-6-19/h2-10,15-16,24,30H,11-14,17-18H2,1H3,(H,31,35)/t24-/m0/s1. The predicted molar refractivity (Wildman–Crippen MR) is 138 cm³/mol. The molecule has 5 rings (SSSR count). The van der Waals surface area contributed by atoms with E-state index in [0.29, 0.717) is 11.4 Å². The van der Waals surface area contributed by atoms with Gasteiger partial charge < -0.3 is 25.3 Å². The van der Waals surface area contributed by atoms with Crippen LogP contribution in [-0.4, -0.2) is 67.5 Å². The minimum absolute atomic E-state index is 0.173. The SMILES string of the molecule is CN1CCN(c2ccnc(C(=O)N[C@H]3CNc4ccc(F)cc4N(Cc4ccccc4)C3=O)c2)CC1. The Morgan fingerprint density at radius 1 is 1.08 bits per heavy atom. The molecule has 2 amide bonds. The number of amides is 2. The summed E-state index contributed by atoms with van der Waals surface area (Å²) in [6, 6.07) is 16.6. The number of hydrogen-bond acceptors (Lipinski definition) is 6. The van der Waals surface area contributed by atoms with Gasteiger partial charge >= 0.3 is 0 Å². The molecule has 0 radical (unpaired) electrons. The van der Waals surface area contributed by atoms with Gasteiger partial charge in [-0.25, -0.2) is 4.39 Å². The number of fused-ring (bicyclic) bond motifs is 1. The van der Waals surface area contributed by atoms with E-state index in [1.807, 2.05) is 36.4 Å². The van der Waals surface area contributed by atoms with Gasteiger partial charge in [0.25, 0.3) is 11.8 Å². The number of anilines is 3. The molecule has 0 spiro atoms. The fourth-order valence-corrected chi connectivity index (χ4v) is 4.56. The first-order valence-electron chi connectivity index (χ1n) is 12.1. The molecule has 0 aliphatic carbocycles. The maximum Gasteiger partial charge on any atom is 0.270 e. The minimum atomic E-state index is -0.856. The van der Waals surface area contributed by atoms with Crippen molar-refractivity contribution in [2.75, 3.05) is 54.9 Å². The molecule has 0 unspecified atom stereocenters. The second kappa shape index (κ2) is 10.3. The first-order valence-corrected chi connectivity index (χ1v) is 12.1. The number of carbonyl (C=O) groups is 2. The molecule has 1 atom stereocenters. The van der Waals surface area contributed by atoms with Crippen molar-refractivity contribution in [1.82, 2.24) is 15.2 Å². The normalized spacial score (nSPS) is 18.3. The topological polar surface area (TPSA) is 80.8 Å². The third-order valence-corrected chi connectivity index (χ3v) is 6.64. The van der Waals surface area contributed by atoms with Crippen LogP contribution in [0, 0.1) is 5.82 Å². The van der Waals surface area contributed by atoms with Crippen molar-refractivity contribution in [3.05, 3.63) is 83.9 Å². The Morgan fingerprint density at radius 2 is 1.86 bits per heavy atom. The number of hydrogen-bond donors (Lipinski definition) is 2. The molecule has 1 fully saturated rings. The molecule has 1 aromatic heterocycles. The number of aromatic nitrogens is 1. The molecule has 9 heteroatoms. The summed E-state index contributed by atoms with van der Waals surface area (Å²) < 4.78 is 14.2. The Balaban J connectivity index is 1.37. The summed E-state index contributed by atoms with van der Waals surface area (Å²) in [5, 5.41) is 6.05. The molecule has 8 nitrogen and oxygen atoms in total. The van der Waals surface area contributed by atoms with Crippen LogP contribution in [0.3, 0.4) is 0 Å². The van der Waals surface area contributed by atoms with E-state index in [0.717, 1.165) is 37.4 Å². The van der Waals surface area contributed by atoms with Gasteiger partial charge in [-0.15, -0.1) is 0 Å². The molecule has 0 bridgehead atoms. The van der Waals surface area contributed by atoms with Crippen molar-refractivity contribution in [2.45, 2.75) is 12.6 Å². The first kappa shape index (κ1) is 23.7. The maximum atomic E-state index is 14.2. The van der Waals surface area contributed by atoms with Crippen molar-refractivity contribution in [2.24, 2.45) is 0 Å². The van der Waals surface area contributed by atoms with Gasteiger partial charge in [0.2, 0.25) is 0 Å². The maximum absolute atomic E-state index is 14.2. The molecule has 2 N–H and O–H groups in total. The Morgan fingerprint density at radius 3 is 2.64 bits per heavy atom. The van der Waals surface area contributed by atoms with E-state index in [1.54, 1.807) is 18.3 Å². The fraction of sp³-hybridized carbons (Fsp3) is 0.296. The van der Waals surface area contributed by atoms with Crippen LogP contribution in [-0.2, 0) is 11.3 Å². The van der Waals surface area contributed by atoms with Crippen LogP contribution < -0.4 is 20.4 Å². The summed E-state index contributed by atoms with van der Waals surface area (Å²) in [7, 11) is 2.09. The van der Waals surface area contributed by atoms with Gasteiger partial charge in [0.15, 0.2) is 0 Å². The molecular formula is C27H29FN6O2. The number of benzene rings is 2. The highest BCUT2D eigenvalue weighted by atomic mass is 19.1. The number of pyridine rings is 1. The Bertz CT molecular complexity index is 1250. The number of halogens is 1. The molecule has 2 aliphatic heterocycles. The lowest BCUT2D eigenvalue weighted by Gasteiger charge is -2.34. The molecule has 1 saturated heterocycles. The Labute approximate surface area is 209 Å².